The predicted molar refractivity (Wildman–Crippen MR) is 75.6 cm³/mol. The van der Waals surface area contributed by atoms with E-state index < -0.39 is 22.3 Å². The third-order valence-corrected chi connectivity index (χ3v) is 3.59. The fourth-order valence-electron chi connectivity index (χ4n) is 2.47. The molecular formula is C14H18FN3O3. The van der Waals surface area contributed by atoms with Crippen LogP contribution in [0.25, 0.3) is 0 Å². The highest BCUT2D eigenvalue weighted by atomic mass is 19.1. The molecule has 1 saturated heterocycles. The molecule has 1 atom stereocenters. The van der Waals surface area contributed by atoms with E-state index >= 15 is 0 Å². The van der Waals surface area contributed by atoms with E-state index in [0.717, 1.165) is 50.6 Å². The Morgan fingerprint density at radius 2 is 2.29 bits per heavy atom. The van der Waals surface area contributed by atoms with E-state index in [-0.39, 0.29) is 5.56 Å². The van der Waals surface area contributed by atoms with Crippen molar-refractivity contribution < 1.29 is 14.1 Å². The van der Waals surface area contributed by atoms with Crippen LogP contribution in [0, 0.1) is 21.8 Å². The molecule has 7 heteroatoms. The van der Waals surface area contributed by atoms with Gasteiger partial charge in [-0.05, 0) is 44.3 Å². The van der Waals surface area contributed by atoms with Gasteiger partial charge in [-0.2, -0.15) is 0 Å². The average molecular weight is 295 g/mol. The van der Waals surface area contributed by atoms with Crippen LogP contribution in [-0.2, 0) is 0 Å². The van der Waals surface area contributed by atoms with Crippen molar-refractivity contribution in [1.29, 1.82) is 0 Å². The average Bonchev–Trinajstić information content (AvgIpc) is 2.47. The van der Waals surface area contributed by atoms with E-state index in [1.54, 1.807) is 0 Å². The highest BCUT2D eigenvalue weighted by Crippen LogP contribution is 2.17. The van der Waals surface area contributed by atoms with Gasteiger partial charge < -0.3 is 10.6 Å². The fraction of sp³-hybridized carbons (Fsp3) is 0.500. The third kappa shape index (κ3) is 4.49. The number of amides is 1. The van der Waals surface area contributed by atoms with Gasteiger partial charge in [0.1, 0.15) is 5.82 Å². The molecule has 0 aliphatic carbocycles. The van der Waals surface area contributed by atoms with Crippen LogP contribution >= 0.6 is 0 Å². The number of hydrogen-bond donors (Lipinski definition) is 2. The molecule has 1 unspecified atom stereocenters. The topological polar surface area (TPSA) is 84.3 Å². The fourth-order valence-corrected chi connectivity index (χ4v) is 2.47. The van der Waals surface area contributed by atoms with E-state index in [1.165, 1.54) is 0 Å². The number of halogens is 1. The number of carbonyl (C=O) groups is 1. The van der Waals surface area contributed by atoms with E-state index in [1.807, 2.05) is 0 Å². The van der Waals surface area contributed by atoms with E-state index in [4.69, 9.17) is 0 Å². The second-order valence-corrected chi connectivity index (χ2v) is 5.21. The number of rotatable bonds is 5. The molecule has 2 N–H and O–H groups in total. The Morgan fingerprint density at radius 3 is 2.95 bits per heavy atom. The zero-order valence-electron chi connectivity index (χ0n) is 11.6. The molecule has 0 aromatic heterocycles. The number of piperidine rings is 1. The summed E-state index contributed by atoms with van der Waals surface area (Å²) in [5, 5.41) is 16.6. The minimum absolute atomic E-state index is 0.0246. The lowest BCUT2D eigenvalue weighted by Crippen LogP contribution is -2.33. The number of nitro benzene ring substituents is 1. The Labute approximate surface area is 121 Å². The molecule has 1 aromatic carbocycles. The molecule has 6 nitrogen and oxygen atoms in total. The Balaban J connectivity index is 1.89. The first kappa shape index (κ1) is 15.4. The second-order valence-electron chi connectivity index (χ2n) is 5.21. The van der Waals surface area contributed by atoms with Gasteiger partial charge in [0, 0.05) is 18.2 Å². The van der Waals surface area contributed by atoms with Crippen molar-refractivity contribution in [2.75, 3.05) is 19.6 Å². The maximum absolute atomic E-state index is 13.3. The standard InChI is InChI=1S/C14H18FN3O3/c15-12-6-11(7-13(8-12)18(20)21)14(19)17-5-3-10-2-1-4-16-9-10/h6-8,10,16H,1-5,9H2,(H,17,19). The first-order chi connectivity index (χ1) is 10.1. The summed E-state index contributed by atoms with van der Waals surface area (Å²) in [6, 6.07) is 2.88. The number of benzene rings is 1. The summed E-state index contributed by atoms with van der Waals surface area (Å²) < 4.78 is 13.3. The summed E-state index contributed by atoms with van der Waals surface area (Å²) in [7, 11) is 0. The molecule has 1 heterocycles. The Bertz CT molecular complexity index is 530. The summed E-state index contributed by atoms with van der Waals surface area (Å²) >= 11 is 0. The van der Waals surface area contributed by atoms with E-state index in [0.29, 0.717) is 12.5 Å². The number of nitrogens with one attached hydrogen (secondary N) is 2. The van der Waals surface area contributed by atoms with Gasteiger partial charge in [-0.3, -0.25) is 14.9 Å². The second kappa shape index (κ2) is 7.12. The van der Waals surface area contributed by atoms with Crippen molar-refractivity contribution in [3.05, 3.63) is 39.7 Å². The minimum atomic E-state index is -0.786. The van der Waals surface area contributed by atoms with Gasteiger partial charge in [-0.25, -0.2) is 4.39 Å². The molecule has 1 fully saturated rings. The summed E-state index contributed by atoms with van der Waals surface area (Å²) in [4.78, 5) is 21.8. The molecule has 0 bridgehead atoms. The number of non-ortho nitro benzene ring substituents is 1. The Morgan fingerprint density at radius 1 is 1.48 bits per heavy atom. The van der Waals surface area contributed by atoms with Crippen LogP contribution in [0.3, 0.4) is 0 Å². The van der Waals surface area contributed by atoms with Crippen molar-refractivity contribution in [2.24, 2.45) is 5.92 Å². The largest absolute Gasteiger partial charge is 0.352 e. The zero-order chi connectivity index (χ0) is 15.2. The quantitative estimate of drug-likeness (QED) is 0.641. The van der Waals surface area contributed by atoms with Gasteiger partial charge in [-0.15, -0.1) is 0 Å². The summed E-state index contributed by atoms with van der Waals surface area (Å²) in [5.74, 6) is -0.743. The van der Waals surface area contributed by atoms with Crippen molar-refractivity contribution in [1.82, 2.24) is 10.6 Å². The molecule has 1 aliphatic heterocycles. The van der Waals surface area contributed by atoms with E-state index in [9.17, 15) is 19.3 Å². The lowest BCUT2D eigenvalue weighted by molar-refractivity contribution is -0.385. The SMILES string of the molecule is O=C(NCCC1CCCNC1)c1cc(F)cc([N+](=O)[O-])c1. The maximum Gasteiger partial charge on any atom is 0.273 e. The molecule has 1 aromatic rings. The lowest BCUT2D eigenvalue weighted by Gasteiger charge is -2.22. The molecule has 1 aliphatic rings. The molecule has 2 rings (SSSR count). The van der Waals surface area contributed by atoms with Gasteiger partial charge in [0.15, 0.2) is 0 Å². The number of carbonyl (C=O) groups excluding carboxylic acids is 1. The Hall–Kier alpha value is -2.02. The third-order valence-electron chi connectivity index (χ3n) is 3.59. The molecule has 114 valence electrons. The van der Waals surface area contributed by atoms with Crippen LogP contribution in [0.4, 0.5) is 10.1 Å². The van der Waals surface area contributed by atoms with Crippen LogP contribution < -0.4 is 10.6 Å². The lowest BCUT2D eigenvalue weighted by atomic mass is 9.96. The molecular weight excluding hydrogens is 277 g/mol. The van der Waals surface area contributed by atoms with Gasteiger partial charge in [0.25, 0.3) is 11.6 Å². The number of nitrogens with zero attached hydrogens (tertiary/aromatic N) is 1. The van der Waals surface area contributed by atoms with Gasteiger partial charge in [0.2, 0.25) is 0 Å². The summed E-state index contributed by atoms with van der Waals surface area (Å²) in [6.45, 7) is 2.46. The predicted octanol–water partition coefficient (Wildman–Crippen LogP) is 1.85. The van der Waals surface area contributed by atoms with Crippen LogP contribution in [0.15, 0.2) is 18.2 Å². The number of hydrogen-bond acceptors (Lipinski definition) is 4. The van der Waals surface area contributed by atoms with Crippen LogP contribution in [0.2, 0.25) is 0 Å². The normalized spacial score (nSPS) is 18.2. The molecule has 0 saturated carbocycles. The highest BCUT2D eigenvalue weighted by Gasteiger charge is 2.16. The summed E-state index contributed by atoms with van der Waals surface area (Å²) in [6.07, 6.45) is 3.11. The minimum Gasteiger partial charge on any atom is -0.352 e. The molecule has 21 heavy (non-hydrogen) atoms. The van der Waals surface area contributed by atoms with E-state index in [2.05, 4.69) is 10.6 Å². The van der Waals surface area contributed by atoms with Gasteiger partial charge in [-0.1, -0.05) is 0 Å². The molecule has 0 radical (unpaired) electrons. The van der Waals surface area contributed by atoms with Crippen molar-refractivity contribution >= 4 is 11.6 Å². The van der Waals surface area contributed by atoms with Crippen molar-refractivity contribution in [3.63, 3.8) is 0 Å². The maximum atomic E-state index is 13.3. The van der Waals surface area contributed by atoms with Crippen molar-refractivity contribution in [2.45, 2.75) is 19.3 Å². The monoisotopic (exact) mass is 295 g/mol. The molecule has 1 amide bonds. The highest BCUT2D eigenvalue weighted by molar-refractivity contribution is 5.94. The first-order valence-electron chi connectivity index (χ1n) is 7.00. The summed E-state index contributed by atoms with van der Waals surface area (Å²) in [5.41, 5.74) is -0.444. The first-order valence-corrected chi connectivity index (χ1v) is 7.00. The smallest absolute Gasteiger partial charge is 0.273 e. The Kier molecular flexibility index (Phi) is 5.21. The van der Waals surface area contributed by atoms with Crippen LogP contribution in [-0.4, -0.2) is 30.5 Å². The van der Waals surface area contributed by atoms with Crippen LogP contribution in [0.5, 0.6) is 0 Å². The zero-order valence-corrected chi connectivity index (χ0v) is 11.6. The van der Waals surface area contributed by atoms with Crippen molar-refractivity contribution in [3.8, 4) is 0 Å². The van der Waals surface area contributed by atoms with Gasteiger partial charge in [0.05, 0.1) is 11.0 Å². The number of nitro groups is 1. The van der Waals surface area contributed by atoms with Crippen LogP contribution in [0.1, 0.15) is 29.6 Å². The van der Waals surface area contributed by atoms with Gasteiger partial charge >= 0.3 is 0 Å². The molecule has 0 spiro atoms.